The number of rotatable bonds is 3. The van der Waals surface area contributed by atoms with Crippen molar-refractivity contribution >= 4 is 33.2 Å². The van der Waals surface area contributed by atoms with Gasteiger partial charge in [0.1, 0.15) is 11.6 Å². The van der Waals surface area contributed by atoms with Crippen LogP contribution in [0.15, 0.2) is 22.8 Å². The molecule has 6 heteroatoms. The van der Waals surface area contributed by atoms with Crippen molar-refractivity contribution in [2.75, 3.05) is 7.11 Å². The number of ketones is 1. The number of halogens is 1. The molecule has 0 aromatic carbocycles. The lowest BCUT2D eigenvalue weighted by molar-refractivity contribution is -0.116. The van der Waals surface area contributed by atoms with Gasteiger partial charge in [0.15, 0.2) is 5.69 Å². The molecule has 2 heterocycles. The Morgan fingerprint density at radius 2 is 2.17 bits per heavy atom. The first-order valence-corrected chi connectivity index (χ1v) is 6.07. The van der Waals surface area contributed by atoms with E-state index < -0.39 is 5.97 Å². The van der Waals surface area contributed by atoms with Gasteiger partial charge in [-0.05, 0) is 35.0 Å². The molecule has 2 aromatic heterocycles. The number of imidazole rings is 1. The van der Waals surface area contributed by atoms with Crippen LogP contribution in [0.1, 0.15) is 23.2 Å². The smallest absolute Gasteiger partial charge is 0.358 e. The highest BCUT2D eigenvalue weighted by Crippen LogP contribution is 2.20. The number of Topliss-reactive ketones (excluding diaryl/α,β-unsaturated/α-hetero) is 1. The number of methoxy groups -OCH3 is 1. The molecule has 0 aliphatic rings. The van der Waals surface area contributed by atoms with Crippen LogP contribution >= 0.6 is 15.9 Å². The van der Waals surface area contributed by atoms with E-state index in [-0.39, 0.29) is 17.9 Å². The molecular weight excluding hydrogens is 300 g/mol. The summed E-state index contributed by atoms with van der Waals surface area (Å²) in [5.41, 5.74) is 0.836. The molecule has 94 valence electrons. The van der Waals surface area contributed by atoms with E-state index in [9.17, 15) is 9.59 Å². The predicted molar refractivity (Wildman–Crippen MR) is 68.6 cm³/mol. The lowest BCUT2D eigenvalue weighted by atomic mass is 10.3. The Balaban J connectivity index is 2.71. The molecule has 0 aliphatic carbocycles. The molecule has 0 N–H and O–H groups in total. The summed E-state index contributed by atoms with van der Waals surface area (Å²) in [4.78, 5) is 27.1. The maximum Gasteiger partial charge on any atom is 0.358 e. The van der Waals surface area contributed by atoms with E-state index in [1.165, 1.54) is 14.0 Å². The lowest BCUT2D eigenvalue weighted by Gasteiger charge is -2.01. The molecule has 0 bridgehead atoms. The third-order valence-electron chi connectivity index (χ3n) is 2.47. The van der Waals surface area contributed by atoms with Gasteiger partial charge in [0.25, 0.3) is 0 Å². The van der Waals surface area contributed by atoms with Crippen LogP contribution in [0.25, 0.3) is 5.52 Å². The van der Waals surface area contributed by atoms with Gasteiger partial charge in [0.2, 0.25) is 0 Å². The molecule has 0 aliphatic heterocycles. The average molecular weight is 311 g/mol. The quantitative estimate of drug-likeness (QED) is 0.643. The molecule has 5 nitrogen and oxygen atoms in total. The van der Waals surface area contributed by atoms with Crippen LogP contribution in [0.5, 0.6) is 0 Å². The molecule has 0 saturated carbocycles. The molecule has 0 spiro atoms. The van der Waals surface area contributed by atoms with Gasteiger partial charge < -0.3 is 4.74 Å². The van der Waals surface area contributed by atoms with Crippen LogP contribution < -0.4 is 0 Å². The second kappa shape index (κ2) is 4.89. The van der Waals surface area contributed by atoms with Gasteiger partial charge in [0, 0.05) is 0 Å². The Kier molecular flexibility index (Phi) is 3.47. The summed E-state index contributed by atoms with van der Waals surface area (Å²) < 4.78 is 7.15. The summed E-state index contributed by atoms with van der Waals surface area (Å²) in [7, 11) is 1.30. The molecule has 0 amide bonds. The van der Waals surface area contributed by atoms with Crippen molar-refractivity contribution in [3.05, 3.63) is 34.3 Å². The van der Waals surface area contributed by atoms with Gasteiger partial charge in [-0.1, -0.05) is 6.07 Å². The topological polar surface area (TPSA) is 60.7 Å². The minimum absolute atomic E-state index is 0.0194. The molecule has 0 fully saturated rings. The van der Waals surface area contributed by atoms with Crippen LogP contribution in [0.2, 0.25) is 0 Å². The summed E-state index contributed by atoms with van der Waals surface area (Å²) >= 11 is 3.38. The Bertz CT molecular complexity index is 634. The van der Waals surface area contributed by atoms with Gasteiger partial charge in [-0.3, -0.25) is 9.20 Å². The van der Waals surface area contributed by atoms with Crippen LogP contribution in [-0.2, 0) is 16.0 Å². The number of fused-ring (bicyclic) bond motifs is 1. The first-order chi connectivity index (χ1) is 8.54. The van der Waals surface area contributed by atoms with Crippen LogP contribution in [0.3, 0.4) is 0 Å². The third-order valence-corrected chi connectivity index (χ3v) is 3.09. The molecule has 2 rings (SSSR count). The normalized spacial score (nSPS) is 10.6. The number of esters is 1. The second-order valence-electron chi connectivity index (χ2n) is 3.82. The number of carbonyl (C=O) groups excluding carboxylic acids is 2. The summed E-state index contributed by atoms with van der Waals surface area (Å²) in [5.74, 6) is -0.0140. The Hall–Kier alpha value is -1.69. The molecule has 0 saturated heterocycles. The molecular formula is C12H11BrN2O3. The Morgan fingerprint density at radius 1 is 1.44 bits per heavy atom. The Labute approximate surface area is 112 Å². The summed E-state index contributed by atoms with van der Waals surface area (Å²) in [6.07, 6.45) is 0.167. The third kappa shape index (κ3) is 2.15. The number of aromatic nitrogens is 2. The van der Waals surface area contributed by atoms with E-state index in [0.29, 0.717) is 11.3 Å². The maximum absolute atomic E-state index is 11.6. The van der Waals surface area contributed by atoms with Crippen molar-refractivity contribution in [3.8, 4) is 0 Å². The summed E-state index contributed by atoms with van der Waals surface area (Å²) in [5, 5.41) is 0. The number of carbonyl (C=O) groups is 2. The van der Waals surface area contributed by atoms with E-state index in [2.05, 4.69) is 25.7 Å². The van der Waals surface area contributed by atoms with E-state index in [1.54, 1.807) is 16.5 Å². The number of ether oxygens (including phenoxy) is 1. The zero-order valence-electron chi connectivity index (χ0n) is 9.94. The van der Waals surface area contributed by atoms with E-state index >= 15 is 0 Å². The fraction of sp³-hybridized carbons (Fsp3) is 0.250. The standard InChI is InChI=1S/C12H11BrN2O3/c1-7(16)6-10-14-11(12(17)18-2)8-4-3-5-9(13)15(8)10/h3-5H,6H2,1-2H3. The van der Waals surface area contributed by atoms with E-state index in [0.717, 1.165) is 4.60 Å². The summed E-state index contributed by atoms with van der Waals surface area (Å²) in [6, 6.07) is 5.37. The number of nitrogens with zero attached hydrogens (tertiary/aromatic N) is 2. The molecule has 0 radical (unpaired) electrons. The minimum atomic E-state index is -0.514. The van der Waals surface area contributed by atoms with Crippen molar-refractivity contribution in [2.45, 2.75) is 13.3 Å². The molecule has 2 aromatic rings. The highest BCUT2D eigenvalue weighted by molar-refractivity contribution is 9.10. The minimum Gasteiger partial charge on any atom is -0.464 e. The first kappa shape index (κ1) is 12.8. The lowest BCUT2D eigenvalue weighted by Crippen LogP contribution is -2.03. The average Bonchev–Trinajstić information content (AvgIpc) is 2.68. The first-order valence-electron chi connectivity index (χ1n) is 5.28. The van der Waals surface area contributed by atoms with Crippen molar-refractivity contribution in [1.82, 2.24) is 9.38 Å². The van der Waals surface area contributed by atoms with Crippen LogP contribution in [-0.4, -0.2) is 28.2 Å². The zero-order valence-corrected chi connectivity index (χ0v) is 11.5. The molecule has 18 heavy (non-hydrogen) atoms. The number of hydrogen-bond donors (Lipinski definition) is 0. The highest BCUT2D eigenvalue weighted by Gasteiger charge is 2.19. The van der Waals surface area contributed by atoms with Crippen molar-refractivity contribution in [3.63, 3.8) is 0 Å². The van der Waals surface area contributed by atoms with Crippen molar-refractivity contribution in [2.24, 2.45) is 0 Å². The zero-order chi connectivity index (χ0) is 13.3. The van der Waals surface area contributed by atoms with Gasteiger partial charge in [-0.15, -0.1) is 0 Å². The Morgan fingerprint density at radius 3 is 2.78 bits per heavy atom. The summed E-state index contributed by atoms with van der Waals surface area (Å²) in [6.45, 7) is 1.48. The monoisotopic (exact) mass is 310 g/mol. The van der Waals surface area contributed by atoms with Crippen molar-refractivity contribution in [1.29, 1.82) is 0 Å². The molecule has 0 unspecified atom stereocenters. The molecule has 0 atom stereocenters. The second-order valence-corrected chi connectivity index (χ2v) is 4.63. The number of pyridine rings is 1. The van der Waals surface area contributed by atoms with Gasteiger partial charge >= 0.3 is 5.97 Å². The van der Waals surface area contributed by atoms with Crippen molar-refractivity contribution < 1.29 is 14.3 Å². The fourth-order valence-corrected chi connectivity index (χ4v) is 2.30. The van der Waals surface area contributed by atoms with Gasteiger partial charge in [0.05, 0.1) is 23.7 Å². The predicted octanol–water partition coefficient (Wildman–Crippen LogP) is 2.01. The maximum atomic E-state index is 11.6. The largest absolute Gasteiger partial charge is 0.464 e. The van der Waals surface area contributed by atoms with Crippen LogP contribution in [0, 0.1) is 0 Å². The SMILES string of the molecule is COC(=O)c1nc(CC(C)=O)n2c(Br)cccc12. The van der Waals surface area contributed by atoms with Gasteiger partial charge in [-0.25, -0.2) is 9.78 Å². The fourth-order valence-electron chi connectivity index (χ4n) is 1.75. The highest BCUT2D eigenvalue weighted by atomic mass is 79.9. The van der Waals surface area contributed by atoms with Gasteiger partial charge in [-0.2, -0.15) is 0 Å². The van der Waals surface area contributed by atoms with E-state index in [1.807, 2.05) is 6.07 Å². The number of hydrogen-bond acceptors (Lipinski definition) is 4. The van der Waals surface area contributed by atoms with Crippen LogP contribution in [0.4, 0.5) is 0 Å². The van der Waals surface area contributed by atoms with E-state index in [4.69, 9.17) is 0 Å².